The van der Waals surface area contributed by atoms with E-state index in [4.69, 9.17) is 20.9 Å². The standard InChI is InChI=1S/C23H34N2O2/c1-19-20(24)14-12-16-22(19)26-17-10-6-4-2-3-5-7-11-18-27-23-15-9-8-13-21(23)25/h8-9,12-16H,2-7,10-11,17-18,24-25H2,1H3. The summed E-state index contributed by atoms with van der Waals surface area (Å²) in [6.07, 6.45) is 9.75. The van der Waals surface area contributed by atoms with Crippen LogP contribution in [0.4, 0.5) is 11.4 Å². The zero-order valence-electron chi connectivity index (χ0n) is 16.6. The Kier molecular flexibility index (Phi) is 9.39. The lowest BCUT2D eigenvalue weighted by Crippen LogP contribution is -2.00. The number of unbranched alkanes of at least 4 members (excludes halogenated alkanes) is 7. The second-order valence-electron chi connectivity index (χ2n) is 7.03. The number of nitrogen functional groups attached to an aromatic ring is 2. The smallest absolute Gasteiger partial charge is 0.142 e. The van der Waals surface area contributed by atoms with Gasteiger partial charge in [0.25, 0.3) is 0 Å². The molecule has 0 aliphatic carbocycles. The van der Waals surface area contributed by atoms with Crippen LogP contribution in [-0.4, -0.2) is 13.2 Å². The zero-order valence-corrected chi connectivity index (χ0v) is 16.6. The Balaban J connectivity index is 1.40. The summed E-state index contributed by atoms with van der Waals surface area (Å²) in [6, 6.07) is 13.5. The van der Waals surface area contributed by atoms with Crippen molar-refractivity contribution in [3.8, 4) is 11.5 Å². The summed E-state index contributed by atoms with van der Waals surface area (Å²) in [7, 11) is 0. The van der Waals surface area contributed by atoms with E-state index >= 15 is 0 Å². The molecule has 0 saturated carbocycles. The molecule has 0 amide bonds. The quantitative estimate of drug-likeness (QED) is 0.348. The van der Waals surface area contributed by atoms with Gasteiger partial charge in [0.2, 0.25) is 0 Å². The van der Waals surface area contributed by atoms with E-state index in [1.807, 2.05) is 49.4 Å². The zero-order chi connectivity index (χ0) is 19.3. The van der Waals surface area contributed by atoms with Gasteiger partial charge in [-0.25, -0.2) is 0 Å². The Bertz CT molecular complexity index is 673. The summed E-state index contributed by atoms with van der Waals surface area (Å²) >= 11 is 0. The number of nitrogens with two attached hydrogens (primary N) is 2. The molecule has 0 aliphatic heterocycles. The Morgan fingerprint density at radius 3 is 1.70 bits per heavy atom. The molecule has 2 aromatic rings. The highest BCUT2D eigenvalue weighted by atomic mass is 16.5. The normalized spacial score (nSPS) is 10.7. The van der Waals surface area contributed by atoms with Crippen molar-refractivity contribution in [2.24, 2.45) is 0 Å². The Hall–Kier alpha value is -2.36. The molecule has 0 atom stereocenters. The maximum absolute atomic E-state index is 5.89. The summed E-state index contributed by atoms with van der Waals surface area (Å²) in [5.74, 6) is 1.71. The molecule has 0 unspecified atom stereocenters. The molecule has 4 nitrogen and oxygen atoms in total. The molecule has 0 saturated heterocycles. The Morgan fingerprint density at radius 2 is 1.07 bits per heavy atom. The van der Waals surface area contributed by atoms with Gasteiger partial charge in [0, 0.05) is 11.3 Å². The van der Waals surface area contributed by atoms with Crippen molar-refractivity contribution in [1.29, 1.82) is 0 Å². The first-order valence-corrected chi connectivity index (χ1v) is 10.1. The van der Waals surface area contributed by atoms with E-state index < -0.39 is 0 Å². The van der Waals surface area contributed by atoms with E-state index in [2.05, 4.69) is 0 Å². The Labute approximate surface area is 163 Å². The molecule has 4 N–H and O–H groups in total. The third-order valence-electron chi connectivity index (χ3n) is 4.80. The minimum atomic E-state index is 0.715. The average Bonchev–Trinajstić information content (AvgIpc) is 2.67. The number of benzene rings is 2. The molecule has 148 valence electrons. The molecular formula is C23H34N2O2. The first kappa shape index (κ1) is 20.9. The van der Waals surface area contributed by atoms with Crippen molar-refractivity contribution in [2.75, 3.05) is 24.7 Å². The SMILES string of the molecule is Cc1c(N)cccc1OCCCCCCCCCCOc1ccccc1N. The summed E-state index contributed by atoms with van der Waals surface area (Å²) in [5, 5.41) is 0. The predicted molar refractivity (Wildman–Crippen MR) is 114 cm³/mol. The van der Waals surface area contributed by atoms with Gasteiger partial charge in [-0.15, -0.1) is 0 Å². The Morgan fingerprint density at radius 1 is 0.593 bits per heavy atom. The molecule has 0 radical (unpaired) electrons. The van der Waals surface area contributed by atoms with E-state index in [0.717, 1.165) is 48.8 Å². The lowest BCUT2D eigenvalue weighted by molar-refractivity contribution is 0.300. The second-order valence-corrected chi connectivity index (χ2v) is 7.03. The van der Waals surface area contributed by atoms with Crippen molar-refractivity contribution >= 4 is 11.4 Å². The van der Waals surface area contributed by atoms with Crippen LogP contribution in [0.3, 0.4) is 0 Å². The third-order valence-corrected chi connectivity index (χ3v) is 4.80. The van der Waals surface area contributed by atoms with Gasteiger partial charge >= 0.3 is 0 Å². The molecule has 0 fully saturated rings. The molecule has 2 aromatic carbocycles. The van der Waals surface area contributed by atoms with Crippen LogP contribution in [0.1, 0.15) is 56.9 Å². The maximum Gasteiger partial charge on any atom is 0.142 e. The van der Waals surface area contributed by atoms with Crippen molar-refractivity contribution in [2.45, 2.75) is 58.3 Å². The van der Waals surface area contributed by atoms with Crippen LogP contribution in [0.25, 0.3) is 0 Å². The molecule has 0 aromatic heterocycles. The molecule has 2 rings (SSSR count). The predicted octanol–water partition coefficient (Wildman–Crippen LogP) is 5.74. The van der Waals surface area contributed by atoms with E-state index in [1.54, 1.807) is 0 Å². The molecule has 0 heterocycles. The van der Waals surface area contributed by atoms with Gasteiger partial charge in [0.1, 0.15) is 11.5 Å². The fraction of sp³-hybridized carbons (Fsp3) is 0.478. The number of hydrogen-bond donors (Lipinski definition) is 2. The second kappa shape index (κ2) is 12.1. The van der Waals surface area contributed by atoms with Crippen molar-refractivity contribution in [3.05, 3.63) is 48.0 Å². The molecule has 4 heteroatoms. The van der Waals surface area contributed by atoms with Crippen LogP contribution in [0.15, 0.2) is 42.5 Å². The topological polar surface area (TPSA) is 70.5 Å². The van der Waals surface area contributed by atoms with Crippen LogP contribution in [0, 0.1) is 6.92 Å². The van der Waals surface area contributed by atoms with Crippen LogP contribution < -0.4 is 20.9 Å². The van der Waals surface area contributed by atoms with Gasteiger partial charge in [-0.2, -0.15) is 0 Å². The lowest BCUT2D eigenvalue weighted by Gasteiger charge is -2.10. The number of rotatable bonds is 13. The van der Waals surface area contributed by atoms with Gasteiger partial charge in [0.15, 0.2) is 0 Å². The molecule has 0 bridgehead atoms. The number of hydrogen-bond acceptors (Lipinski definition) is 4. The molecular weight excluding hydrogens is 336 g/mol. The highest BCUT2D eigenvalue weighted by Gasteiger charge is 2.02. The monoisotopic (exact) mass is 370 g/mol. The van der Waals surface area contributed by atoms with Crippen molar-refractivity contribution in [3.63, 3.8) is 0 Å². The van der Waals surface area contributed by atoms with E-state index in [0.29, 0.717) is 5.69 Å². The van der Waals surface area contributed by atoms with Gasteiger partial charge in [-0.1, -0.05) is 56.7 Å². The van der Waals surface area contributed by atoms with Gasteiger partial charge in [0.05, 0.1) is 18.9 Å². The average molecular weight is 371 g/mol. The highest BCUT2D eigenvalue weighted by molar-refractivity contribution is 5.53. The first-order chi connectivity index (χ1) is 13.2. The number of ether oxygens (including phenoxy) is 2. The minimum Gasteiger partial charge on any atom is -0.493 e. The van der Waals surface area contributed by atoms with Crippen molar-refractivity contribution in [1.82, 2.24) is 0 Å². The van der Waals surface area contributed by atoms with Crippen LogP contribution in [0.5, 0.6) is 11.5 Å². The fourth-order valence-electron chi connectivity index (χ4n) is 3.03. The summed E-state index contributed by atoms with van der Waals surface area (Å²) in [5.41, 5.74) is 14.3. The van der Waals surface area contributed by atoms with E-state index in [1.165, 1.54) is 38.5 Å². The first-order valence-electron chi connectivity index (χ1n) is 10.1. The van der Waals surface area contributed by atoms with E-state index in [-0.39, 0.29) is 0 Å². The van der Waals surface area contributed by atoms with Gasteiger partial charge in [-0.3, -0.25) is 0 Å². The summed E-state index contributed by atoms with van der Waals surface area (Å²) < 4.78 is 11.5. The van der Waals surface area contributed by atoms with Crippen LogP contribution >= 0.6 is 0 Å². The summed E-state index contributed by atoms with van der Waals surface area (Å²) in [6.45, 7) is 3.52. The fourth-order valence-corrected chi connectivity index (χ4v) is 3.03. The maximum atomic E-state index is 5.89. The van der Waals surface area contributed by atoms with Crippen LogP contribution in [-0.2, 0) is 0 Å². The van der Waals surface area contributed by atoms with Crippen molar-refractivity contribution < 1.29 is 9.47 Å². The highest BCUT2D eigenvalue weighted by Crippen LogP contribution is 2.23. The van der Waals surface area contributed by atoms with Crippen LogP contribution in [0.2, 0.25) is 0 Å². The largest absolute Gasteiger partial charge is 0.493 e. The summed E-state index contributed by atoms with van der Waals surface area (Å²) in [4.78, 5) is 0. The van der Waals surface area contributed by atoms with Gasteiger partial charge in [-0.05, 0) is 44.0 Å². The number of anilines is 2. The molecule has 27 heavy (non-hydrogen) atoms. The molecule has 0 aliphatic rings. The number of para-hydroxylation sites is 2. The third kappa shape index (κ3) is 7.81. The van der Waals surface area contributed by atoms with E-state index in [9.17, 15) is 0 Å². The van der Waals surface area contributed by atoms with Gasteiger partial charge < -0.3 is 20.9 Å². The molecule has 0 spiro atoms. The lowest BCUT2D eigenvalue weighted by atomic mass is 10.1. The minimum absolute atomic E-state index is 0.715.